The number of amides is 1. The lowest BCUT2D eigenvalue weighted by molar-refractivity contribution is -0.134. The summed E-state index contributed by atoms with van der Waals surface area (Å²) in [6.07, 6.45) is 3.95. The van der Waals surface area contributed by atoms with E-state index in [1.807, 2.05) is 6.92 Å². The minimum atomic E-state index is -0.385. The molecule has 0 aliphatic carbocycles. The number of hydrogen-bond acceptors (Lipinski definition) is 4. The lowest BCUT2D eigenvalue weighted by atomic mass is 10.1. The molecule has 104 valence electrons. The summed E-state index contributed by atoms with van der Waals surface area (Å²) < 4.78 is 11.0. The average Bonchev–Trinajstić information content (AvgIpc) is 2.90. The van der Waals surface area contributed by atoms with E-state index in [0.717, 1.165) is 45.4 Å². The fraction of sp³-hybridized carbons (Fsp3) is 0.923. The van der Waals surface area contributed by atoms with Crippen molar-refractivity contribution in [2.75, 3.05) is 26.3 Å². The first-order chi connectivity index (χ1) is 8.75. The van der Waals surface area contributed by atoms with Crippen LogP contribution in [0.3, 0.4) is 0 Å². The molecule has 0 radical (unpaired) electrons. The number of carbonyl (C=O) groups excluding carboxylic acids is 1. The molecule has 2 unspecified atom stereocenters. The minimum Gasteiger partial charge on any atom is -0.376 e. The summed E-state index contributed by atoms with van der Waals surface area (Å²) in [5, 5.41) is 6.33. The highest BCUT2D eigenvalue weighted by molar-refractivity contribution is 5.80. The first-order valence-corrected chi connectivity index (χ1v) is 7.00. The second kappa shape index (κ2) is 7.07. The van der Waals surface area contributed by atoms with Gasteiger partial charge in [-0.2, -0.15) is 0 Å². The number of hydrogen-bond donors (Lipinski definition) is 2. The summed E-state index contributed by atoms with van der Waals surface area (Å²) >= 11 is 0. The van der Waals surface area contributed by atoms with E-state index >= 15 is 0 Å². The van der Waals surface area contributed by atoms with Crippen molar-refractivity contribution in [2.45, 2.75) is 50.9 Å². The molecule has 2 aliphatic heterocycles. The Labute approximate surface area is 109 Å². The predicted molar refractivity (Wildman–Crippen MR) is 68.4 cm³/mol. The standard InChI is InChI=1S/C13H24N2O3/c1-10(18-9-12-3-2-8-17-12)13(16)15-11-4-6-14-7-5-11/h10-12,14H,2-9H2,1H3,(H,15,16). The molecule has 0 aromatic rings. The van der Waals surface area contributed by atoms with Gasteiger partial charge in [-0.1, -0.05) is 0 Å². The molecular formula is C13H24N2O3. The van der Waals surface area contributed by atoms with Gasteiger partial charge in [0.15, 0.2) is 0 Å². The lowest BCUT2D eigenvalue weighted by Gasteiger charge is -2.25. The Bertz CT molecular complexity index is 261. The van der Waals surface area contributed by atoms with Gasteiger partial charge in [0.25, 0.3) is 0 Å². The van der Waals surface area contributed by atoms with Crippen LogP contribution in [0.2, 0.25) is 0 Å². The zero-order chi connectivity index (χ0) is 12.8. The van der Waals surface area contributed by atoms with Crippen molar-refractivity contribution in [3.8, 4) is 0 Å². The molecule has 0 saturated carbocycles. The van der Waals surface area contributed by atoms with Gasteiger partial charge >= 0.3 is 0 Å². The molecule has 0 aromatic heterocycles. The molecule has 2 heterocycles. The Balaban J connectivity index is 1.63. The van der Waals surface area contributed by atoms with Crippen molar-refractivity contribution in [1.29, 1.82) is 0 Å². The van der Waals surface area contributed by atoms with Gasteiger partial charge < -0.3 is 20.1 Å². The van der Waals surface area contributed by atoms with Gasteiger partial charge in [0.2, 0.25) is 5.91 Å². The van der Waals surface area contributed by atoms with Crippen LogP contribution in [0.4, 0.5) is 0 Å². The third kappa shape index (κ3) is 4.23. The van der Waals surface area contributed by atoms with Crippen LogP contribution in [0, 0.1) is 0 Å². The molecule has 2 aliphatic rings. The third-order valence-electron chi connectivity index (χ3n) is 3.61. The predicted octanol–water partition coefficient (Wildman–Crippen LogP) is 0.439. The van der Waals surface area contributed by atoms with Crippen molar-refractivity contribution in [1.82, 2.24) is 10.6 Å². The molecule has 0 aromatic carbocycles. The Morgan fingerprint density at radius 2 is 2.22 bits per heavy atom. The van der Waals surface area contributed by atoms with Gasteiger partial charge in [0.1, 0.15) is 6.10 Å². The van der Waals surface area contributed by atoms with E-state index in [9.17, 15) is 4.79 Å². The normalized spacial score (nSPS) is 27.1. The van der Waals surface area contributed by atoms with Crippen LogP contribution in [0.15, 0.2) is 0 Å². The SMILES string of the molecule is CC(OCC1CCCO1)C(=O)NC1CCNCC1. The number of carbonyl (C=O) groups is 1. The van der Waals surface area contributed by atoms with Crippen molar-refractivity contribution in [3.63, 3.8) is 0 Å². The Kier molecular flexibility index (Phi) is 5.41. The van der Waals surface area contributed by atoms with E-state index in [-0.39, 0.29) is 18.1 Å². The highest BCUT2D eigenvalue weighted by Gasteiger charge is 2.22. The van der Waals surface area contributed by atoms with Crippen molar-refractivity contribution >= 4 is 5.91 Å². The van der Waals surface area contributed by atoms with Crippen molar-refractivity contribution < 1.29 is 14.3 Å². The van der Waals surface area contributed by atoms with Gasteiger partial charge in [-0.25, -0.2) is 0 Å². The lowest BCUT2D eigenvalue weighted by Crippen LogP contribution is -2.46. The van der Waals surface area contributed by atoms with Crippen LogP contribution in [-0.4, -0.2) is 50.5 Å². The van der Waals surface area contributed by atoms with E-state index in [1.165, 1.54) is 0 Å². The smallest absolute Gasteiger partial charge is 0.249 e. The molecule has 5 nitrogen and oxygen atoms in total. The summed E-state index contributed by atoms with van der Waals surface area (Å²) in [7, 11) is 0. The van der Waals surface area contributed by atoms with E-state index in [2.05, 4.69) is 10.6 Å². The van der Waals surface area contributed by atoms with Crippen molar-refractivity contribution in [3.05, 3.63) is 0 Å². The molecule has 2 rings (SSSR count). The quantitative estimate of drug-likeness (QED) is 0.749. The summed E-state index contributed by atoms with van der Waals surface area (Å²) in [4.78, 5) is 11.9. The fourth-order valence-electron chi connectivity index (χ4n) is 2.39. The fourth-order valence-corrected chi connectivity index (χ4v) is 2.39. The summed E-state index contributed by atoms with van der Waals surface area (Å²) in [6.45, 7) is 5.13. The number of rotatable bonds is 5. The van der Waals surface area contributed by atoms with Gasteiger partial charge in [-0.05, 0) is 45.7 Å². The van der Waals surface area contributed by atoms with Crippen LogP contribution in [0.5, 0.6) is 0 Å². The zero-order valence-electron chi connectivity index (χ0n) is 11.1. The minimum absolute atomic E-state index is 0.0000954. The zero-order valence-corrected chi connectivity index (χ0v) is 11.1. The second-order valence-electron chi connectivity index (χ2n) is 5.14. The summed E-state index contributed by atoms with van der Waals surface area (Å²) in [5.41, 5.74) is 0. The van der Waals surface area contributed by atoms with Crippen molar-refractivity contribution in [2.24, 2.45) is 0 Å². The van der Waals surface area contributed by atoms with Crippen LogP contribution in [0.25, 0.3) is 0 Å². The molecule has 2 fully saturated rings. The van der Waals surface area contributed by atoms with Gasteiger partial charge in [-0.15, -0.1) is 0 Å². The van der Waals surface area contributed by atoms with E-state index < -0.39 is 0 Å². The number of piperidine rings is 1. The van der Waals surface area contributed by atoms with E-state index in [1.54, 1.807) is 0 Å². The van der Waals surface area contributed by atoms with Crippen LogP contribution < -0.4 is 10.6 Å². The average molecular weight is 256 g/mol. The largest absolute Gasteiger partial charge is 0.376 e. The highest BCUT2D eigenvalue weighted by atomic mass is 16.5. The summed E-state index contributed by atoms with van der Waals surface area (Å²) in [6, 6.07) is 0.299. The Morgan fingerprint density at radius 3 is 2.89 bits per heavy atom. The molecule has 1 amide bonds. The molecule has 0 bridgehead atoms. The van der Waals surface area contributed by atoms with Gasteiger partial charge in [0, 0.05) is 12.6 Å². The number of nitrogens with one attached hydrogen (secondary N) is 2. The molecule has 18 heavy (non-hydrogen) atoms. The second-order valence-corrected chi connectivity index (χ2v) is 5.14. The maximum Gasteiger partial charge on any atom is 0.249 e. The molecule has 2 N–H and O–H groups in total. The first-order valence-electron chi connectivity index (χ1n) is 7.00. The molecule has 2 atom stereocenters. The first kappa shape index (κ1) is 13.8. The van der Waals surface area contributed by atoms with Crippen LogP contribution in [-0.2, 0) is 14.3 Å². The van der Waals surface area contributed by atoms with Crippen LogP contribution >= 0.6 is 0 Å². The Morgan fingerprint density at radius 1 is 1.44 bits per heavy atom. The van der Waals surface area contributed by atoms with Gasteiger partial charge in [0.05, 0.1) is 12.7 Å². The third-order valence-corrected chi connectivity index (χ3v) is 3.61. The van der Waals surface area contributed by atoms with E-state index in [4.69, 9.17) is 9.47 Å². The molecule has 5 heteroatoms. The summed E-state index contributed by atoms with van der Waals surface area (Å²) in [5.74, 6) is -0.0000954. The number of ether oxygens (including phenoxy) is 2. The monoisotopic (exact) mass is 256 g/mol. The van der Waals surface area contributed by atoms with Gasteiger partial charge in [-0.3, -0.25) is 4.79 Å². The highest BCUT2D eigenvalue weighted by Crippen LogP contribution is 2.13. The maximum atomic E-state index is 11.9. The molecule has 2 saturated heterocycles. The van der Waals surface area contributed by atoms with Crippen LogP contribution in [0.1, 0.15) is 32.6 Å². The topological polar surface area (TPSA) is 59.6 Å². The molecular weight excluding hydrogens is 232 g/mol. The Hall–Kier alpha value is -0.650. The van der Waals surface area contributed by atoms with E-state index in [0.29, 0.717) is 12.6 Å². The molecule has 0 spiro atoms. The maximum absolute atomic E-state index is 11.9.